The van der Waals surface area contributed by atoms with Gasteiger partial charge in [0.2, 0.25) is 0 Å². The van der Waals surface area contributed by atoms with Gasteiger partial charge in [0.15, 0.2) is 11.6 Å². The lowest BCUT2D eigenvalue weighted by Gasteiger charge is -2.43. The van der Waals surface area contributed by atoms with Gasteiger partial charge in [-0.25, -0.2) is 13.8 Å². The standard InChI is InChI=1S/C29H31ClF2N6O3/c30-25-16-22(29(39)34-17-21-3-6-26(31)27(32)15-21)18-33-28(25)37-13-11-36(12-14-37)23-7-9-35(10-8-23)19-20-1-4-24(5-2-20)38(40)41/h1-6,15-16,18,23H,7-14,17,19H2,(H,34,39). The molecule has 12 heteroatoms. The molecule has 1 amide bonds. The first kappa shape index (κ1) is 28.8. The third-order valence-corrected chi connectivity index (χ3v) is 8.04. The highest BCUT2D eigenvalue weighted by atomic mass is 35.5. The average Bonchev–Trinajstić information content (AvgIpc) is 2.98. The number of anilines is 1. The topological polar surface area (TPSA) is 94.9 Å². The van der Waals surface area contributed by atoms with E-state index in [0.29, 0.717) is 28.0 Å². The summed E-state index contributed by atoms with van der Waals surface area (Å²) in [6.07, 6.45) is 3.62. The van der Waals surface area contributed by atoms with Gasteiger partial charge < -0.3 is 10.2 Å². The number of amides is 1. The second kappa shape index (κ2) is 12.9. The molecule has 3 aromatic rings. The quantitative estimate of drug-likeness (QED) is 0.304. The zero-order chi connectivity index (χ0) is 28.9. The fraction of sp³-hybridized carbons (Fsp3) is 0.379. The van der Waals surface area contributed by atoms with Gasteiger partial charge in [-0.05, 0) is 55.3 Å². The van der Waals surface area contributed by atoms with Crippen molar-refractivity contribution in [2.75, 3.05) is 44.2 Å². The van der Waals surface area contributed by atoms with Crippen LogP contribution in [0.1, 0.15) is 34.3 Å². The predicted molar refractivity (Wildman–Crippen MR) is 152 cm³/mol. The molecule has 1 aromatic heterocycles. The number of piperazine rings is 1. The fourth-order valence-electron chi connectivity index (χ4n) is 5.44. The number of nitrogens with one attached hydrogen (secondary N) is 1. The lowest BCUT2D eigenvalue weighted by molar-refractivity contribution is -0.384. The zero-order valence-corrected chi connectivity index (χ0v) is 23.2. The van der Waals surface area contributed by atoms with Gasteiger partial charge in [0, 0.05) is 63.6 Å². The van der Waals surface area contributed by atoms with Crippen molar-refractivity contribution in [3.8, 4) is 0 Å². The number of non-ortho nitro benzene ring substituents is 1. The Morgan fingerprint density at radius 1 is 0.976 bits per heavy atom. The van der Waals surface area contributed by atoms with E-state index in [1.165, 1.54) is 12.3 Å². The molecule has 0 radical (unpaired) electrons. The molecule has 2 aromatic carbocycles. The third-order valence-electron chi connectivity index (χ3n) is 7.76. The minimum Gasteiger partial charge on any atom is -0.353 e. The van der Waals surface area contributed by atoms with E-state index in [-0.39, 0.29) is 17.2 Å². The molecule has 0 saturated carbocycles. The molecule has 216 valence electrons. The minimum absolute atomic E-state index is 0.0489. The van der Waals surface area contributed by atoms with Gasteiger partial charge in [0.25, 0.3) is 11.6 Å². The molecule has 0 atom stereocenters. The van der Waals surface area contributed by atoms with Crippen LogP contribution in [0.4, 0.5) is 20.3 Å². The van der Waals surface area contributed by atoms with E-state index in [4.69, 9.17) is 11.6 Å². The van der Waals surface area contributed by atoms with Crippen molar-refractivity contribution in [3.05, 3.63) is 98.2 Å². The van der Waals surface area contributed by atoms with Crippen LogP contribution in [0.2, 0.25) is 5.02 Å². The molecule has 9 nitrogen and oxygen atoms in total. The van der Waals surface area contributed by atoms with Crippen LogP contribution in [0.3, 0.4) is 0 Å². The number of halogens is 3. The zero-order valence-electron chi connectivity index (χ0n) is 22.4. The molecule has 0 spiro atoms. The average molecular weight is 585 g/mol. The second-order valence-electron chi connectivity index (χ2n) is 10.4. The maximum absolute atomic E-state index is 13.4. The molecule has 3 heterocycles. The van der Waals surface area contributed by atoms with E-state index in [1.807, 2.05) is 12.1 Å². The summed E-state index contributed by atoms with van der Waals surface area (Å²) in [6, 6.07) is 12.4. The van der Waals surface area contributed by atoms with E-state index >= 15 is 0 Å². The Kier molecular flexibility index (Phi) is 9.06. The van der Waals surface area contributed by atoms with Crippen molar-refractivity contribution in [2.24, 2.45) is 0 Å². The summed E-state index contributed by atoms with van der Waals surface area (Å²) in [5.41, 5.74) is 1.93. The van der Waals surface area contributed by atoms with Gasteiger partial charge in [-0.3, -0.25) is 24.7 Å². The van der Waals surface area contributed by atoms with Crippen LogP contribution >= 0.6 is 11.6 Å². The van der Waals surface area contributed by atoms with E-state index < -0.39 is 17.5 Å². The Morgan fingerprint density at radius 3 is 2.29 bits per heavy atom. The molecular weight excluding hydrogens is 554 g/mol. The first-order valence-electron chi connectivity index (χ1n) is 13.6. The Bertz CT molecular complexity index is 1390. The van der Waals surface area contributed by atoms with Crippen molar-refractivity contribution < 1.29 is 18.5 Å². The van der Waals surface area contributed by atoms with E-state index in [1.54, 1.807) is 18.2 Å². The van der Waals surface area contributed by atoms with Crippen molar-refractivity contribution in [3.63, 3.8) is 0 Å². The number of nitro groups is 1. The molecule has 0 unspecified atom stereocenters. The molecule has 41 heavy (non-hydrogen) atoms. The van der Waals surface area contributed by atoms with Crippen LogP contribution < -0.4 is 10.2 Å². The van der Waals surface area contributed by atoms with Crippen LogP contribution in [0.25, 0.3) is 0 Å². The summed E-state index contributed by atoms with van der Waals surface area (Å²) in [4.78, 5) is 34.6. The molecule has 2 fully saturated rings. The number of likely N-dealkylation sites (tertiary alicyclic amines) is 1. The van der Waals surface area contributed by atoms with E-state index in [0.717, 1.165) is 76.4 Å². The normalized spacial score (nSPS) is 17.0. The molecule has 2 aliphatic rings. The molecule has 5 rings (SSSR count). The number of hydrogen-bond donors (Lipinski definition) is 1. The van der Waals surface area contributed by atoms with Crippen molar-refractivity contribution in [1.82, 2.24) is 20.1 Å². The number of aromatic nitrogens is 1. The highest BCUT2D eigenvalue weighted by Crippen LogP contribution is 2.27. The van der Waals surface area contributed by atoms with Gasteiger partial charge >= 0.3 is 0 Å². The van der Waals surface area contributed by atoms with Crippen LogP contribution in [-0.2, 0) is 13.1 Å². The fourth-order valence-corrected chi connectivity index (χ4v) is 5.73. The maximum atomic E-state index is 13.4. The highest BCUT2D eigenvalue weighted by Gasteiger charge is 2.28. The number of nitrogens with zero attached hydrogens (tertiary/aromatic N) is 5. The van der Waals surface area contributed by atoms with Crippen molar-refractivity contribution in [2.45, 2.75) is 32.0 Å². The van der Waals surface area contributed by atoms with Crippen molar-refractivity contribution in [1.29, 1.82) is 0 Å². The van der Waals surface area contributed by atoms with Gasteiger partial charge in [0.05, 0.1) is 15.5 Å². The monoisotopic (exact) mass is 584 g/mol. The third kappa shape index (κ3) is 7.16. The SMILES string of the molecule is O=C(NCc1ccc(F)c(F)c1)c1cnc(N2CCN(C3CCN(Cc4ccc([N+](=O)[O-])cc4)CC3)CC2)c(Cl)c1. The summed E-state index contributed by atoms with van der Waals surface area (Å²) in [5.74, 6) is -1.66. The largest absolute Gasteiger partial charge is 0.353 e. The summed E-state index contributed by atoms with van der Waals surface area (Å²) < 4.78 is 26.5. The molecule has 2 aliphatic heterocycles. The van der Waals surface area contributed by atoms with Crippen LogP contribution in [-0.4, -0.2) is 70.9 Å². The first-order chi connectivity index (χ1) is 19.8. The number of piperidine rings is 1. The van der Waals surface area contributed by atoms with Gasteiger partial charge in [-0.1, -0.05) is 29.8 Å². The molecular formula is C29H31ClF2N6O3. The van der Waals surface area contributed by atoms with Crippen molar-refractivity contribution >= 4 is 29.0 Å². The van der Waals surface area contributed by atoms with Crippen LogP contribution in [0.15, 0.2) is 54.7 Å². The first-order valence-corrected chi connectivity index (χ1v) is 14.0. The maximum Gasteiger partial charge on any atom is 0.269 e. The highest BCUT2D eigenvalue weighted by molar-refractivity contribution is 6.33. The summed E-state index contributed by atoms with van der Waals surface area (Å²) in [5, 5.41) is 13.9. The number of carbonyl (C=O) groups excluding carboxylic acids is 1. The second-order valence-corrected chi connectivity index (χ2v) is 10.8. The smallest absolute Gasteiger partial charge is 0.269 e. The number of rotatable bonds is 8. The number of hydrogen-bond acceptors (Lipinski definition) is 7. The molecule has 0 bridgehead atoms. The number of nitro benzene ring substituents is 1. The van der Waals surface area contributed by atoms with Gasteiger partial charge in [-0.15, -0.1) is 0 Å². The Morgan fingerprint density at radius 2 is 1.66 bits per heavy atom. The Labute approximate surface area is 241 Å². The lowest BCUT2D eigenvalue weighted by atomic mass is 10.0. The Balaban J connectivity index is 1.07. The summed E-state index contributed by atoms with van der Waals surface area (Å²) in [7, 11) is 0. The Hall–Kier alpha value is -3.67. The minimum atomic E-state index is -0.962. The predicted octanol–water partition coefficient (Wildman–Crippen LogP) is 4.64. The lowest BCUT2D eigenvalue weighted by Crippen LogP contribution is -2.53. The number of pyridine rings is 1. The van der Waals surface area contributed by atoms with Gasteiger partial charge in [-0.2, -0.15) is 0 Å². The van der Waals surface area contributed by atoms with Crippen LogP contribution in [0.5, 0.6) is 0 Å². The summed E-state index contributed by atoms with van der Waals surface area (Å²) >= 11 is 6.53. The van der Waals surface area contributed by atoms with Crippen LogP contribution in [0, 0.1) is 21.7 Å². The van der Waals surface area contributed by atoms with E-state index in [9.17, 15) is 23.7 Å². The van der Waals surface area contributed by atoms with E-state index in [2.05, 4.69) is 25.0 Å². The molecule has 0 aliphatic carbocycles. The molecule has 2 saturated heterocycles. The number of carbonyl (C=O) groups is 1. The molecule has 1 N–H and O–H groups in total. The summed E-state index contributed by atoms with van der Waals surface area (Å²) in [6.45, 7) is 6.14. The number of benzene rings is 2. The van der Waals surface area contributed by atoms with Gasteiger partial charge in [0.1, 0.15) is 5.82 Å².